The highest BCUT2D eigenvalue weighted by molar-refractivity contribution is 8.00. The van der Waals surface area contributed by atoms with Gasteiger partial charge in [-0.2, -0.15) is 0 Å². The Morgan fingerprint density at radius 3 is 2.71 bits per heavy atom. The summed E-state index contributed by atoms with van der Waals surface area (Å²) in [5, 5.41) is 3.75. The zero-order chi connectivity index (χ0) is 14.7. The summed E-state index contributed by atoms with van der Waals surface area (Å²) in [6.07, 6.45) is 2.09. The van der Waals surface area contributed by atoms with E-state index in [1.54, 1.807) is 12.1 Å². The van der Waals surface area contributed by atoms with E-state index in [-0.39, 0.29) is 11.7 Å². The van der Waals surface area contributed by atoms with Gasteiger partial charge in [0.1, 0.15) is 5.82 Å². The van der Waals surface area contributed by atoms with Gasteiger partial charge in [-0.1, -0.05) is 36.4 Å². The molecule has 1 aliphatic rings. The summed E-state index contributed by atoms with van der Waals surface area (Å²) in [7, 11) is 1.93. The molecule has 0 aromatic heterocycles. The van der Waals surface area contributed by atoms with Crippen LogP contribution in [0.3, 0.4) is 0 Å². The molecule has 0 saturated heterocycles. The largest absolute Gasteiger partial charge is 0.319 e. The maximum absolute atomic E-state index is 14.1. The summed E-state index contributed by atoms with van der Waals surface area (Å²) in [5.74, 6) is 0.140. The molecule has 0 fully saturated rings. The highest BCUT2D eigenvalue weighted by atomic mass is 32.2. The minimum Gasteiger partial charge on any atom is -0.319 e. The van der Waals surface area contributed by atoms with Gasteiger partial charge in [0.25, 0.3) is 0 Å². The van der Waals surface area contributed by atoms with Crippen molar-refractivity contribution in [3.63, 3.8) is 0 Å². The van der Waals surface area contributed by atoms with Crippen LogP contribution in [0.25, 0.3) is 0 Å². The topological polar surface area (TPSA) is 12.0 Å². The Morgan fingerprint density at radius 1 is 1.19 bits per heavy atom. The van der Waals surface area contributed by atoms with Crippen LogP contribution in [-0.2, 0) is 6.42 Å². The third kappa shape index (κ3) is 3.30. The molecule has 2 atom stereocenters. The zero-order valence-electron chi connectivity index (χ0n) is 12.2. The lowest BCUT2D eigenvalue weighted by Gasteiger charge is -2.21. The van der Waals surface area contributed by atoms with Crippen molar-refractivity contribution in [3.8, 4) is 0 Å². The molecule has 1 N–H and O–H groups in total. The number of benzene rings is 2. The fourth-order valence-electron chi connectivity index (χ4n) is 3.08. The predicted octanol–water partition coefficient (Wildman–Crippen LogP) is 4.24. The molecule has 0 bridgehead atoms. The number of halogens is 1. The van der Waals surface area contributed by atoms with E-state index in [4.69, 9.17) is 0 Å². The molecule has 3 rings (SSSR count). The molecule has 0 spiro atoms. The van der Waals surface area contributed by atoms with Crippen molar-refractivity contribution in [1.29, 1.82) is 0 Å². The molecule has 110 valence electrons. The van der Waals surface area contributed by atoms with Crippen LogP contribution in [0.15, 0.2) is 53.4 Å². The second-order valence-electron chi connectivity index (χ2n) is 5.56. The SMILES string of the molecule is CNCC(CC1Cc2ccccc2S1)c1ccccc1F. The fourth-order valence-corrected chi connectivity index (χ4v) is 4.49. The lowest BCUT2D eigenvalue weighted by atomic mass is 9.92. The van der Waals surface area contributed by atoms with Crippen molar-refractivity contribution in [1.82, 2.24) is 5.32 Å². The van der Waals surface area contributed by atoms with E-state index < -0.39 is 0 Å². The molecule has 2 unspecified atom stereocenters. The molecule has 1 aliphatic heterocycles. The first-order valence-electron chi connectivity index (χ1n) is 7.41. The van der Waals surface area contributed by atoms with E-state index in [1.807, 2.05) is 30.9 Å². The van der Waals surface area contributed by atoms with Gasteiger partial charge in [-0.25, -0.2) is 4.39 Å². The molecular weight excluding hydrogens is 281 g/mol. The number of thioether (sulfide) groups is 1. The first-order chi connectivity index (χ1) is 10.3. The zero-order valence-corrected chi connectivity index (χ0v) is 13.0. The average Bonchev–Trinajstić information content (AvgIpc) is 2.89. The van der Waals surface area contributed by atoms with Crippen molar-refractivity contribution >= 4 is 11.8 Å². The lowest BCUT2D eigenvalue weighted by Crippen LogP contribution is -2.21. The molecule has 2 aromatic rings. The van der Waals surface area contributed by atoms with Gasteiger partial charge in [0, 0.05) is 22.6 Å². The van der Waals surface area contributed by atoms with Crippen LogP contribution in [0.2, 0.25) is 0 Å². The monoisotopic (exact) mass is 301 g/mol. The Bertz CT molecular complexity index is 589. The van der Waals surface area contributed by atoms with E-state index in [2.05, 4.69) is 29.6 Å². The highest BCUT2D eigenvalue weighted by Crippen LogP contribution is 2.41. The Hall–Kier alpha value is -1.32. The second-order valence-corrected chi connectivity index (χ2v) is 6.91. The van der Waals surface area contributed by atoms with E-state index in [9.17, 15) is 4.39 Å². The first kappa shape index (κ1) is 14.6. The van der Waals surface area contributed by atoms with Gasteiger partial charge in [0.2, 0.25) is 0 Å². The Labute approximate surface area is 130 Å². The molecule has 0 amide bonds. The minimum absolute atomic E-state index is 0.0849. The van der Waals surface area contributed by atoms with Crippen molar-refractivity contribution in [2.75, 3.05) is 13.6 Å². The summed E-state index contributed by atoms with van der Waals surface area (Å²) in [5.41, 5.74) is 2.27. The van der Waals surface area contributed by atoms with Gasteiger partial charge in [0.05, 0.1) is 0 Å². The van der Waals surface area contributed by atoms with Gasteiger partial charge < -0.3 is 5.32 Å². The number of hydrogen-bond donors (Lipinski definition) is 1. The molecular formula is C18H20FNS. The molecule has 2 aromatic carbocycles. The molecule has 0 aliphatic carbocycles. The van der Waals surface area contributed by atoms with Gasteiger partial charge in [-0.3, -0.25) is 0 Å². The van der Waals surface area contributed by atoms with Crippen LogP contribution in [0, 0.1) is 5.82 Å². The van der Waals surface area contributed by atoms with E-state index >= 15 is 0 Å². The Kier molecular flexibility index (Phi) is 4.61. The van der Waals surface area contributed by atoms with E-state index in [0.717, 1.165) is 24.9 Å². The molecule has 1 heterocycles. The molecule has 0 radical (unpaired) electrons. The van der Waals surface area contributed by atoms with Crippen LogP contribution >= 0.6 is 11.8 Å². The van der Waals surface area contributed by atoms with E-state index in [0.29, 0.717) is 5.25 Å². The fraction of sp³-hybridized carbons (Fsp3) is 0.333. The third-order valence-corrected chi connectivity index (χ3v) is 5.40. The molecule has 1 nitrogen and oxygen atoms in total. The highest BCUT2D eigenvalue weighted by Gasteiger charge is 2.26. The number of nitrogens with one attached hydrogen (secondary N) is 1. The van der Waals surface area contributed by atoms with Gasteiger partial charge in [0.15, 0.2) is 0 Å². The summed E-state index contributed by atoms with van der Waals surface area (Å²) >= 11 is 1.94. The smallest absolute Gasteiger partial charge is 0.126 e. The van der Waals surface area contributed by atoms with Gasteiger partial charge >= 0.3 is 0 Å². The Morgan fingerprint density at radius 2 is 1.95 bits per heavy atom. The number of fused-ring (bicyclic) bond motifs is 1. The lowest BCUT2D eigenvalue weighted by molar-refractivity contribution is 0.529. The summed E-state index contributed by atoms with van der Waals surface area (Å²) in [6.45, 7) is 0.814. The van der Waals surface area contributed by atoms with Crippen LogP contribution in [-0.4, -0.2) is 18.8 Å². The van der Waals surface area contributed by atoms with Gasteiger partial charge in [-0.05, 0) is 43.1 Å². The molecule has 21 heavy (non-hydrogen) atoms. The number of likely N-dealkylation sites (N-methyl/N-ethyl adjacent to an activating group) is 1. The summed E-state index contributed by atoms with van der Waals surface area (Å²) in [4.78, 5) is 1.39. The third-order valence-electron chi connectivity index (χ3n) is 4.06. The second kappa shape index (κ2) is 6.63. The maximum atomic E-state index is 14.1. The standard InChI is InChI=1S/C18H20FNS/c1-20-12-14(16-7-3-4-8-17(16)19)11-15-10-13-6-2-5-9-18(13)21-15/h2-9,14-15,20H,10-12H2,1H3. The van der Waals surface area contributed by atoms with Crippen LogP contribution in [0.4, 0.5) is 4.39 Å². The molecule has 0 saturated carbocycles. The van der Waals surface area contributed by atoms with Crippen molar-refractivity contribution < 1.29 is 4.39 Å². The number of rotatable bonds is 5. The van der Waals surface area contributed by atoms with Gasteiger partial charge in [-0.15, -0.1) is 11.8 Å². The number of hydrogen-bond acceptors (Lipinski definition) is 2. The summed E-state index contributed by atoms with van der Waals surface area (Å²) < 4.78 is 14.1. The van der Waals surface area contributed by atoms with Crippen molar-refractivity contribution in [2.45, 2.75) is 28.9 Å². The van der Waals surface area contributed by atoms with Crippen LogP contribution < -0.4 is 5.32 Å². The summed E-state index contributed by atoms with van der Waals surface area (Å²) in [6, 6.07) is 15.8. The normalized spacial score (nSPS) is 18.5. The van der Waals surface area contributed by atoms with E-state index in [1.165, 1.54) is 10.5 Å². The van der Waals surface area contributed by atoms with Crippen molar-refractivity contribution in [2.24, 2.45) is 0 Å². The van der Waals surface area contributed by atoms with Crippen LogP contribution in [0.1, 0.15) is 23.5 Å². The molecule has 3 heteroatoms. The van der Waals surface area contributed by atoms with Crippen molar-refractivity contribution in [3.05, 3.63) is 65.5 Å². The first-order valence-corrected chi connectivity index (χ1v) is 8.29. The maximum Gasteiger partial charge on any atom is 0.126 e. The quantitative estimate of drug-likeness (QED) is 0.886. The van der Waals surface area contributed by atoms with Crippen LogP contribution in [0.5, 0.6) is 0 Å². The predicted molar refractivity (Wildman–Crippen MR) is 87.5 cm³/mol. The Balaban J connectivity index is 1.74. The average molecular weight is 301 g/mol. The minimum atomic E-state index is -0.0849.